The maximum absolute atomic E-state index is 11.6. The van der Waals surface area contributed by atoms with Gasteiger partial charge in [0.1, 0.15) is 5.60 Å². The maximum Gasteiger partial charge on any atom is 0.248 e. The third-order valence-electron chi connectivity index (χ3n) is 5.89. The summed E-state index contributed by atoms with van der Waals surface area (Å²) in [5.74, 6) is 0.555. The highest BCUT2D eigenvalue weighted by Gasteiger charge is 2.53. The Morgan fingerprint density at radius 1 is 1.29 bits per heavy atom. The van der Waals surface area contributed by atoms with E-state index in [1.165, 1.54) is 19.3 Å². The number of rotatable bonds is 4. The summed E-state index contributed by atoms with van der Waals surface area (Å²) in [6.07, 6.45) is 3.62. The summed E-state index contributed by atoms with van der Waals surface area (Å²) in [6, 6.07) is 8.33. The smallest absolute Gasteiger partial charge is 0.248 e. The number of ether oxygens (including phenoxy) is 1. The van der Waals surface area contributed by atoms with Gasteiger partial charge in [-0.2, -0.15) is 0 Å². The molecule has 2 fully saturated rings. The van der Waals surface area contributed by atoms with Crippen LogP contribution in [0.3, 0.4) is 0 Å². The molecule has 2 aliphatic rings. The fourth-order valence-corrected chi connectivity index (χ4v) is 4.73. The second-order valence-corrected chi connectivity index (χ2v) is 7.31. The first-order valence-corrected chi connectivity index (χ1v) is 8.68. The van der Waals surface area contributed by atoms with Gasteiger partial charge >= 0.3 is 0 Å². The predicted molar refractivity (Wildman–Crippen MR) is 98.4 cm³/mol. The average Bonchev–Trinajstić information content (AvgIpc) is 2.53. The minimum atomic E-state index is -0.372. The Kier molecular flexibility index (Phi) is 5.95. The van der Waals surface area contributed by atoms with Crippen LogP contribution in [0.15, 0.2) is 24.3 Å². The van der Waals surface area contributed by atoms with Gasteiger partial charge in [0.2, 0.25) is 5.91 Å². The van der Waals surface area contributed by atoms with Crippen molar-refractivity contribution in [2.45, 2.75) is 44.8 Å². The van der Waals surface area contributed by atoms with Gasteiger partial charge in [-0.3, -0.25) is 4.79 Å². The van der Waals surface area contributed by atoms with Crippen molar-refractivity contribution in [3.63, 3.8) is 0 Å². The quantitative estimate of drug-likeness (QED) is 0.905. The number of likely N-dealkylation sites (tertiary alicyclic amines) is 1. The molecule has 0 unspecified atom stereocenters. The van der Waals surface area contributed by atoms with Crippen molar-refractivity contribution in [2.75, 3.05) is 20.2 Å². The van der Waals surface area contributed by atoms with Crippen molar-refractivity contribution >= 4 is 18.3 Å². The second kappa shape index (κ2) is 7.42. The Labute approximate surface area is 151 Å². The van der Waals surface area contributed by atoms with Crippen molar-refractivity contribution in [3.8, 4) is 0 Å². The number of halogens is 1. The number of nitrogens with zero attached hydrogens (tertiary/aromatic N) is 1. The molecule has 0 radical (unpaired) electrons. The highest BCUT2D eigenvalue weighted by molar-refractivity contribution is 5.92. The number of carbonyl (C=O) groups is 1. The molecular weight excluding hydrogens is 324 g/mol. The van der Waals surface area contributed by atoms with E-state index in [1.54, 1.807) is 6.07 Å². The predicted octanol–water partition coefficient (Wildman–Crippen LogP) is 3.19. The van der Waals surface area contributed by atoms with Gasteiger partial charge in [-0.25, -0.2) is 0 Å². The molecule has 1 amide bonds. The molecule has 0 aromatic heterocycles. The Balaban J connectivity index is 0.00000208. The van der Waals surface area contributed by atoms with Gasteiger partial charge in [0.15, 0.2) is 0 Å². The van der Waals surface area contributed by atoms with Crippen molar-refractivity contribution in [1.29, 1.82) is 0 Å². The van der Waals surface area contributed by atoms with E-state index >= 15 is 0 Å². The SMILES string of the molecule is CO[C@@]1(c2cccc(C(N)=O)c2)[C@@H]2CCC[C@H]1CN(C(C)C)C2.Cl. The number of methoxy groups -OCH3 is 1. The number of carbonyl (C=O) groups excluding carboxylic acids is 1. The van der Waals surface area contributed by atoms with Crippen LogP contribution in [0.25, 0.3) is 0 Å². The highest BCUT2D eigenvalue weighted by atomic mass is 35.5. The Morgan fingerprint density at radius 3 is 2.42 bits per heavy atom. The lowest BCUT2D eigenvalue weighted by Gasteiger charge is -2.56. The van der Waals surface area contributed by atoms with Gasteiger partial charge in [0.25, 0.3) is 0 Å². The van der Waals surface area contributed by atoms with Gasteiger partial charge < -0.3 is 15.4 Å². The molecule has 4 nitrogen and oxygen atoms in total. The molecule has 3 rings (SSSR count). The zero-order valence-electron chi connectivity index (χ0n) is 14.8. The number of benzene rings is 1. The van der Waals surface area contributed by atoms with Crippen LogP contribution in [0.2, 0.25) is 0 Å². The average molecular weight is 353 g/mol. The third-order valence-corrected chi connectivity index (χ3v) is 5.89. The van der Waals surface area contributed by atoms with Crippen molar-refractivity contribution in [1.82, 2.24) is 4.90 Å². The maximum atomic E-state index is 11.6. The van der Waals surface area contributed by atoms with E-state index in [0.717, 1.165) is 18.7 Å². The Bertz CT molecular complexity index is 576. The largest absolute Gasteiger partial charge is 0.373 e. The van der Waals surface area contributed by atoms with Crippen LogP contribution < -0.4 is 5.73 Å². The van der Waals surface area contributed by atoms with Gasteiger partial charge in [-0.1, -0.05) is 18.6 Å². The molecule has 0 spiro atoms. The Morgan fingerprint density at radius 2 is 1.92 bits per heavy atom. The first-order valence-electron chi connectivity index (χ1n) is 8.68. The molecule has 1 aliphatic carbocycles. The summed E-state index contributed by atoms with van der Waals surface area (Å²) in [7, 11) is 1.83. The van der Waals surface area contributed by atoms with Crippen LogP contribution in [-0.4, -0.2) is 37.0 Å². The lowest BCUT2D eigenvalue weighted by Crippen LogP contribution is -2.60. The highest BCUT2D eigenvalue weighted by Crippen LogP contribution is 2.51. The minimum absolute atomic E-state index is 0. The molecule has 1 aliphatic heterocycles. The summed E-state index contributed by atoms with van der Waals surface area (Å²) < 4.78 is 6.22. The molecule has 3 atom stereocenters. The summed E-state index contributed by atoms with van der Waals surface area (Å²) >= 11 is 0. The van der Waals surface area contributed by atoms with Gasteiger partial charge in [-0.15, -0.1) is 12.4 Å². The third kappa shape index (κ3) is 3.07. The van der Waals surface area contributed by atoms with Crippen LogP contribution in [0.1, 0.15) is 49.0 Å². The summed E-state index contributed by atoms with van der Waals surface area (Å²) in [5, 5.41) is 0. The first-order chi connectivity index (χ1) is 11.0. The van der Waals surface area contributed by atoms with E-state index in [4.69, 9.17) is 10.5 Å². The van der Waals surface area contributed by atoms with Crippen molar-refractivity contribution in [2.24, 2.45) is 17.6 Å². The number of amides is 1. The second-order valence-electron chi connectivity index (χ2n) is 7.31. The van der Waals surface area contributed by atoms with Crippen molar-refractivity contribution < 1.29 is 9.53 Å². The lowest BCUT2D eigenvalue weighted by molar-refractivity contribution is -0.172. The van der Waals surface area contributed by atoms with Gasteiger partial charge in [0, 0.05) is 43.6 Å². The van der Waals surface area contributed by atoms with Crippen LogP contribution >= 0.6 is 12.4 Å². The summed E-state index contributed by atoms with van der Waals surface area (Å²) in [6.45, 7) is 6.65. The van der Waals surface area contributed by atoms with E-state index in [1.807, 2.05) is 19.2 Å². The molecule has 1 aromatic rings. The van der Waals surface area contributed by atoms with E-state index in [9.17, 15) is 4.79 Å². The molecule has 2 bridgehead atoms. The lowest BCUT2D eigenvalue weighted by atomic mass is 9.62. The van der Waals surface area contributed by atoms with Gasteiger partial charge in [-0.05, 0) is 44.4 Å². The fourth-order valence-electron chi connectivity index (χ4n) is 4.73. The standard InChI is InChI=1S/C19H28N2O2.ClH/c1-13(2)21-11-16-8-5-9-17(12-21)19(16,23-3)15-7-4-6-14(10-15)18(20)22;/h4,6-7,10,13,16-17H,5,8-9,11-12H2,1-3H3,(H2,20,22);1H/t16-,17+,19+;. The molecule has 5 heteroatoms. The normalized spacial score (nSPS) is 30.0. The molecule has 1 saturated carbocycles. The number of fused-ring (bicyclic) bond motifs is 2. The topological polar surface area (TPSA) is 55.6 Å². The number of nitrogens with two attached hydrogens (primary N) is 1. The van der Waals surface area contributed by atoms with Gasteiger partial charge in [0.05, 0.1) is 0 Å². The van der Waals surface area contributed by atoms with Crippen LogP contribution in [0, 0.1) is 11.8 Å². The number of hydrogen-bond donors (Lipinski definition) is 1. The fraction of sp³-hybridized carbons (Fsp3) is 0.632. The van der Waals surface area contributed by atoms with Crippen LogP contribution in [-0.2, 0) is 10.3 Å². The number of piperidine rings is 1. The van der Waals surface area contributed by atoms with E-state index < -0.39 is 0 Å². The molecule has 2 N–H and O–H groups in total. The summed E-state index contributed by atoms with van der Waals surface area (Å²) in [4.78, 5) is 14.2. The van der Waals surface area contributed by atoms with Crippen LogP contribution in [0.4, 0.5) is 0 Å². The van der Waals surface area contributed by atoms with E-state index in [-0.39, 0.29) is 23.9 Å². The Hall–Kier alpha value is -1.10. The minimum Gasteiger partial charge on any atom is -0.373 e. The van der Waals surface area contributed by atoms with E-state index in [2.05, 4.69) is 24.8 Å². The molecule has 1 aromatic carbocycles. The zero-order chi connectivity index (χ0) is 16.6. The first kappa shape index (κ1) is 19.2. The monoisotopic (exact) mass is 352 g/mol. The molecule has 134 valence electrons. The van der Waals surface area contributed by atoms with Crippen LogP contribution in [0.5, 0.6) is 0 Å². The zero-order valence-corrected chi connectivity index (χ0v) is 15.6. The molecule has 24 heavy (non-hydrogen) atoms. The van der Waals surface area contributed by atoms with Crippen molar-refractivity contribution in [3.05, 3.63) is 35.4 Å². The molecule has 1 saturated heterocycles. The van der Waals surface area contributed by atoms with E-state index in [0.29, 0.717) is 23.4 Å². The molecule has 1 heterocycles. The number of primary amides is 1. The molecular formula is C19H29ClN2O2. The number of hydrogen-bond acceptors (Lipinski definition) is 3. The summed E-state index contributed by atoms with van der Waals surface area (Å²) in [5.41, 5.74) is 6.90.